The fourth-order valence-electron chi connectivity index (χ4n) is 3.87. The second kappa shape index (κ2) is 9.78. The lowest BCUT2D eigenvalue weighted by atomic mass is 10.1. The lowest BCUT2D eigenvalue weighted by Gasteiger charge is -2.33. The average molecular weight is 475 g/mol. The molecule has 0 radical (unpaired) electrons. The SMILES string of the molecule is O=C(NCCCC1CC1)c1ccc(N2CCCN(C(=O)c3ccccc3C(F)(F)F)C2=O)nn1. The van der Waals surface area contributed by atoms with Crippen molar-refractivity contribution in [3.63, 3.8) is 0 Å². The Morgan fingerprint density at radius 2 is 1.82 bits per heavy atom. The number of imide groups is 1. The van der Waals surface area contributed by atoms with Gasteiger partial charge < -0.3 is 5.32 Å². The molecule has 2 heterocycles. The predicted octanol–water partition coefficient (Wildman–Crippen LogP) is 3.89. The van der Waals surface area contributed by atoms with Crippen molar-refractivity contribution in [2.45, 2.75) is 38.3 Å². The van der Waals surface area contributed by atoms with Crippen molar-refractivity contribution in [1.29, 1.82) is 0 Å². The topological polar surface area (TPSA) is 95.5 Å². The lowest BCUT2D eigenvalue weighted by Crippen LogP contribution is -2.52. The molecule has 1 aromatic heterocycles. The molecule has 1 saturated heterocycles. The molecule has 1 N–H and O–H groups in total. The van der Waals surface area contributed by atoms with E-state index < -0.39 is 29.2 Å². The number of halogens is 3. The number of carbonyl (C=O) groups is 3. The van der Waals surface area contributed by atoms with E-state index in [1.807, 2.05) is 0 Å². The molecule has 34 heavy (non-hydrogen) atoms. The molecule has 2 aliphatic rings. The number of amides is 4. The fraction of sp³-hybridized carbons (Fsp3) is 0.435. The summed E-state index contributed by atoms with van der Waals surface area (Å²) in [7, 11) is 0. The van der Waals surface area contributed by atoms with Crippen LogP contribution < -0.4 is 10.2 Å². The normalized spacial score (nSPS) is 16.5. The van der Waals surface area contributed by atoms with Gasteiger partial charge in [-0.15, -0.1) is 10.2 Å². The standard InChI is InChI=1S/C23H24F3N5O3/c24-23(25,26)17-7-2-1-6-16(17)21(33)31-14-4-13-30(22(31)34)19-11-10-18(28-29-19)20(32)27-12-3-5-15-8-9-15/h1-2,6-7,10-11,15H,3-5,8-9,12-14H2,(H,27,32). The van der Waals surface area contributed by atoms with E-state index in [4.69, 9.17) is 0 Å². The molecular formula is C23H24F3N5O3. The third-order valence-corrected chi connectivity index (χ3v) is 5.86. The van der Waals surface area contributed by atoms with E-state index in [0.717, 1.165) is 35.8 Å². The Bertz CT molecular complexity index is 1070. The number of benzene rings is 1. The second-order valence-electron chi connectivity index (χ2n) is 8.41. The van der Waals surface area contributed by atoms with Crippen LogP contribution in [-0.2, 0) is 6.18 Å². The van der Waals surface area contributed by atoms with Gasteiger partial charge in [0.2, 0.25) is 0 Å². The summed E-state index contributed by atoms with van der Waals surface area (Å²) >= 11 is 0. The molecule has 180 valence electrons. The van der Waals surface area contributed by atoms with Crippen molar-refractivity contribution in [2.24, 2.45) is 5.92 Å². The highest BCUT2D eigenvalue weighted by Gasteiger charge is 2.39. The van der Waals surface area contributed by atoms with Gasteiger partial charge in [0, 0.05) is 19.6 Å². The molecule has 0 unspecified atom stereocenters. The van der Waals surface area contributed by atoms with E-state index in [-0.39, 0.29) is 30.5 Å². The van der Waals surface area contributed by atoms with Crippen LogP contribution in [0.2, 0.25) is 0 Å². The summed E-state index contributed by atoms with van der Waals surface area (Å²) in [5.74, 6) is -0.513. The monoisotopic (exact) mass is 475 g/mol. The van der Waals surface area contributed by atoms with Crippen LogP contribution in [0.25, 0.3) is 0 Å². The van der Waals surface area contributed by atoms with Crippen molar-refractivity contribution in [3.8, 4) is 0 Å². The Balaban J connectivity index is 1.43. The summed E-state index contributed by atoms with van der Waals surface area (Å²) < 4.78 is 40.0. The van der Waals surface area contributed by atoms with E-state index in [2.05, 4.69) is 15.5 Å². The lowest BCUT2D eigenvalue weighted by molar-refractivity contribution is -0.138. The van der Waals surface area contributed by atoms with Gasteiger partial charge in [0.25, 0.3) is 11.8 Å². The Labute approximate surface area is 194 Å². The largest absolute Gasteiger partial charge is 0.417 e. The van der Waals surface area contributed by atoms with Crippen LogP contribution in [0.1, 0.15) is 58.5 Å². The zero-order valence-corrected chi connectivity index (χ0v) is 18.3. The van der Waals surface area contributed by atoms with Gasteiger partial charge in [-0.25, -0.2) is 4.79 Å². The van der Waals surface area contributed by atoms with E-state index >= 15 is 0 Å². The Morgan fingerprint density at radius 1 is 1.06 bits per heavy atom. The van der Waals surface area contributed by atoms with Crippen LogP contribution >= 0.6 is 0 Å². The van der Waals surface area contributed by atoms with Crippen LogP contribution in [0.3, 0.4) is 0 Å². The molecule has 1 aliphatic heterocycles. The third-order valence-electron chi connectivity index (χ3n) is 5.86. The number of hydrogen-bond donors (Lipinski definition) is 1. The summed E-state index contributed by atoms with van der Waals surface area (Å²) in [6, 6.07) is 6.42. The molecule has 0 spiro atoms. The number of aromatic nitrogens is 2. The third kappa shape index (κ3) is 5.35. The van der Waals surface area contributed by atoms with Crippen molar-refractivity contribution in [3.05, 3.63) is 53.2 Å². The minimum atomic E-state index is -4.73. The summed E-state index contributed by atoms with van der Waals surface area (Å²) in [4.78, 5) is 40.0. The Kier molecular flexibility index (Phi) is 6.80. The summed E-state index contributed by atoms with van der Waals surface area (Å²) in [5.41, 5.74) is -1.60. The highest BCUT2D eigenvalue weighted by atomic mass is 19.4. The predicted molar refractivity (Wildman–Crippen MR) is 116 cm³/mol. The van der Waals surface area contributed by atoms with Gasteiger partial charge in [-0.05, 0) is 49.4 Å². The van der Waals surface area contributed by atoms with Gasteiger partial charge in [0.1, 0.15) is 0 Å². The molecule has 2 fully saturated rings. The fourth-order valence-corrected chi connectivity index (χ4v) is 3.87. The summed E-state index contributed by atoms with van der Waals surface area (Å²) in [6.07, 6.45) is 0.110. The molecule has 1 aromatic carbocycles. The maximum Gasteiger partial charge on any atom is 0.417 e. The van der Waals surface area contributed by atoms with E-state index in [1.54, 1.807) is 0 Å². The Morgan fingerprint density at radius 3 is 2.50 bits per heavy atom. The first-order valence-corrected chi connectivity index (χ1v) is 11.2. The smallest absolute Gasteiger partial charge is 0.351 e. The molecule has 1 aliphatic carbocycles. The van der Waals surface area contributed by atoms with Crippen molar-refractivity contribution >= 4 is 23.7 Å². The minimum Gasteiger partial charge on any atom is -0.351 e. The van der Waals surface area contributed by atoms with Crippen LogP contribution in [0, 0.1) is 5.92 Å². The first kappa shape index (κ1) is 23.7. The zero-order valence-electron chi connectivity index (χ0n) is 18.3. The first-order valence-electron chi connectivity index (χ1n) is 11.2. The molecule has 11 heteroatoms. The average Bonchev–Trinajstić information content (AvgIpc) is 3.65. The number of anilines is 1. The number of alkyl halides is 3. The van der Waals surface area contributed by atoms with Gasteiger partial charge >= 0.3 is 12.2 Å². The van der Waals surface area contributed by atoms with Gasteiger partial charge in [0.15, 0.2) is 11.5 Å². The molecule has 8 nitrogen and oxygen atoms in total. The van der Waals surface area contributed by atoms with Crippen LogP contribution in [-0.4, -0.2) is 52.6 Å². The van der Waals surface area contributed by atoms with E-state index in [0.29, 0.717) is 13.0 Å². The van der Waals surface area contributed by atoms with Crippen molar-refractivity contribution in [2.75, 3.05) is 24.5 Å². The molecular weight excluding hydrogens is 451 g/mol. The molecule has 0 atom stereocenters. The number of hydrogen-bond acceptors (Lipinski definition) is 5. The van der Waals surface area contributed by atoms with Gasteiger partial charge in [0.05, 0.1) is 11.1 Å². The molecule has 4 amide bonds. The summed E-state index contributed by atoms with van der Waals surface area (Å²) in [6.45, 7) is 0.736. The molecule has 1 saturated carbocycles. The van der Waals surface area contributed by atoms with E-state index in [1.165, 1.54) is 42.0 Å². The number of nitrogens with zero attached hydrogens (tertiary/aromatic N) is 4. The van der Waals surface area contributed by atoms with Crippen molar-refractivity contribution < 1.29 is 27.6 Å². The molecule has 2 aromatic rings. The number of nitrogens with one attached hydrogen (secondary N) is 1. The van der Waals surface area contributed by atoms with Crippen LogP contribution in [0.5, 0.6) is 0 Å². The minimum absolute atomic E-state index is 0.0187. The first-order chi connectivity index (χ1) is 16.3. The number of urea groups is 1. The van der Waals surface area contributed by atoms with E-state index in [9.17, 15) is 27.6 Å². The van der Waals surface area contributed by atoms with Gasteiger partial charge in [-0.3, -0.25) is 19.4 Å². The number of rotatable bonds is 7. The number of carbonyl (C=O) groups excluding carboxylic acids is 3. The zero-order chi connectivity index (χ0) is 24.3. The second-order valence-corrected chi connectivity index (χ2v) is 8.41. The van der Waals surface area contributed by atoms with Crippen molar-refractivity contribution in [1.82, 2.24) is 20.4 Å². The highest BCUT2D eigenvalue weighted by Crippen LogP contribution is 2.34. The maximum atomic E-state index is 13.3. The van der Waals surface area contributed by atoms with Crippen LogP contribution in [0.15, 0.2) is 36.4 Å². The highest BCUT2D eigenvalue weighted by molar-refractivity contribution is 6.09. The maximum absolute atomic E-state index is 13.3. The Hall–Kier alpha value is -3.50. The van der Waals surface area contributed by atoms with Gasteiger partial charge in [-0.2, -0.15) is 13.2 Å². The molecule has 4 rings (SSSR count). The quantitative estimate of drug-likeness (QED) is 0.613. The van der Waals surface area contributed by atoms with Crippen LogP contribution in [0.4, 0.5) is 23.8 Å². The molecule has 0 bridgehead atoms. The summed E-state index contributed by atoms with van der Waals surface area (Å²) in [5, 5.41) is 10.6. The van der Waals surface area contributed by atoms with Gasteiger partial charge in [-0.1, -0.05) is 25.0 Å².